The summed E-state index contributed by atoms with van der Waals surface area (Å²) in [4.78, 5) is 35.9. The largest absolute Gasteiger partial charge is 0.472 e. The van der Waals surface area contributed by atoms with E-state index in [1.165, 1.54) is 199 Å². The number of esters is 2. The molecule has 0 aromatic heterocycles. The fourth-order valence-electron chi connectivity index (χ4n) is 9.88. The summed E-state index contributed by atoms with van der Waals surface area (Å²) >= 11 is 0. The van der Waals surface area contributed by atoms with Crippen LogP contribution in [-0.2, 0) is 32.7 Å². The summed E-state index contributed by atoms with van der Waals surface area (Å²) < 4.78 is 34.7. The summed E-state index contributed by atoms with van der Waals surface area (Å²) in [5.74, 6) is -0.786. The van der Waals surface area contributed by atoms with Gasteiger partial charge in [0.1, 0.15) is 19.8 Å². The molecule has 2 atom stereocenters. The fraction of sp³-hybridized carbons (Fsp3) is 0.781. The molecule has 1 N–H and O–H groups in total. The van der Waals surface area contributed by atoms with Crippen molar-refractivity contribution in [1.29, 1.82) is 0 Å². The minimum absolute atomic E-state index is 0.0309. The number of phosphoric acid groups is 1. The summed E-state index contributed by atoms with van der Waals surface area (Å²) in [6, 6.07) is 0. The summed E-state index contributed by atoms with van der Waals surface area (Å²) in [7, 11) is 1.48. The number of allylic oxidation sites excluding steroid dienone is 14. The number of rotatable bonds is 64. The molecular formula is C73H133NO8P+. The number of unbranched alkanes of at least 4 members (excludes halogenated alkanes) is 36. The molecule has 0 aliphatic heterocycles. The van der Waals surface area contributed by atoms with Crippen LogP contribution in [0.25, 0.3) is 0 Å². The maximum Gasteiger partial charge on any atom is 0.472 e. The lowest BCUT2D eigenvalue weighted by Crippen LogP contribution is -2.37. The smallest absolute Gasteiger partial charge is 0.462 e. The second-order valence-corrected chi connectivity index (χ2v) is 26.0. The van der Waals surface area contributed by atoms with Crippen molar-refractivity contribution in [2.75, 3.05) is 47.5 Å². The van der Waals surface area contributed by atoms with Gasteiger partial charge < -0.3 is 18.9 Å². The van der Waals surface area contributed by atoms with Gasteiger partial charge in [0, 0.05) is 12.8 Å². The van der Waals surface area contributed by atoms with Crippen LogP contribution < -0.4 is 0 Å². The van der Waals surface area contributed by atoms with E-state index in [1.807, 2.05) is 21.1 Å². The van der Waals surface area contributed by atoms with Gasteiger partial charge in [0.2, 0.25) is 0 Å². The minimum atomic E-state index is -4.39. The molecule has 0 radical (unpaired) electrons. The Morgan fingerprint density at radius 1 is 0.386 bits per heavy atom. The van der Waals surface area contributed by atoms with E-state index in [4.69, 9.17) is 18.5 Å². The molecule has 83 heavy (non-hydrogen) atoms. The standard InChI is InChI=1S/C73H132NO8P/c1-6-8-10-12-14-16-18-20-22-24-26-28-30-32-33-34-35-36-37-38-39-40-41-42-44-46-48-50-52-54-56-58-60-62-64-66-73(76)82-71(70-81-83(77,78)80-68-67-74(3,4)5)69-79-72(75)65-63-61-59-57-55-53-51-49-47-45-43-31-29-27-25-23-21-19-17-15-13-11-9-7-2/h8,10,14,16,20,22,26,28,32-33,35-36,38-39,71H,6-7,9,11-13,15,17-19,21,23-25,27,29-31,34,37,40-70H2,1-5H3/p+1/b10-8-,16-14-,22-20-,28-26-,33-32-,36-35-,39-38-. The average Bonchev–Trinajstić information content (AvgIpc) is 3.49. The Labute approximate surface area is 513 Å². The Morgan fingerprint density at radius 2 is 0.687 bits per heavy atom. The SMILES string of the molecule is CC/C=C\C/C=C\C/C=C\C/C=C\C/C=C\C/C=C\C/C=C\CCCCCCCCCCCCCCCC(=O)OC(COC(=O)CCCCCCCCCCCCCCCCCCCCCCCCCC)COP(=O)(O)OCC[N+](C)(C)C. The van der Waals surface area contributed by atoms with Gasteiger partial charge in [0.15, 0.2) is 6.10 Å². The Hall–Kier alpha value is -2.81. The summed E-state index contributed by atoms with van der Waals surface area (Å²) in [6.45, 7) is 4.36. The highest BCUT2D eigenvalue weighted by Crippen LogP contribution is 2.43. The molecule has 0 aromatic rings. The second kappa shape index (κ2) is 63.7. The van der Waals surface area contributed by atoms with Crippen LogP contribution in [-0.4, -0.2) is 74.9 Å². The number of likely N-dealkylation sites (N-methyl/N-ethyl adjacent to an activating group) is 1. The predicted molar refractivity (Wildman–Crippen MR) is 358 cm³/mol. The van der Waals surface area contributed by atoms with Crippen molar-refractivity contribution in [1.82, 2.24) is 0 Å². The van der Waals surface area contributed by atoms with Crippen LogP contribution in [0.3, 0.4) is 0 Å². The maximum atomic E-state index is 12.9. The minimum Gasteiger partial charge on any atom is -0.462 e. The second-order valence-electron chi connectivity index (χ2n) is 24.5. The highest BCUT2D eigenvalue weighted by molar-refractivity contribution is 7.47. The van der Waals surface area contributed by atoms with E-state index in [9.17, 15) is 19.0 Å². The van der Waals surface area contributed by atoms with Crippen LogP contribution in [0.4, 0.5) is 0 Å². The first-order valence-corrected chi connectivity index (χ1v) is 36.3. The molecule has 0 aliphatic rings. The highest BCUT2D eigenvalue weighted by atomic mass is 31.2. The topological polar surface area (TPSA) is 108 Å². The van der Waals surface area contributed by atoms with Crippen molar-refractivity contribution >= 4 is 19.8 Å². The van der Waals surface area contributed by atoms with E-state index >= 15 is 0 Å². The number of hydrogen-bond acceptors (Lipinski definition) is 7. The third kappa shape index (κ3) is 68.2. The molecule has 10 heteroatoms. The van der Waals surface area contributed by atoms with E-state index < -0.39 is 26.5 Å². The Balaban J connectivity index is 4.05. The number of ether oxygens (including phenoxy) is 2. The Morgan fingerprint density at radius 3 is 1.02 bits per heavy atom. The van der Waals surface area contributed by atoms with E-state index in [1.54, 1.807) is 0 Å². The molecule has 0 heterocycles. The first kappa shape index (κ1) is 80.2. The number of hydrogen-bond donors (Lipinski definition) is 1. The first-order chi connectivity index (χ1) is 40.5. The molecule has 0 bridgehead atoms. The summed E-state index contributed by atoms with van der Waals surface area (Å²) in [5, 5.41) is 0. The zero-order valence-corrected chi connectivity index (χ0v) is 55.8. The summed E-state index contributed by atoms with van der Waals surface area (Å²) in [6.07, 6.45) is 86.8. The van der Waals surface area contributed by atoms with Gasteiger partial charge >= 0.3 is 19.8 Å². The van der Waals surface area contributed by atoms with Gasteiger partial charge in [-0.3, -0.25) is 18.6 Å². The lowest BCUT2D eigenvalue weighted by Gasteiger charge is -2.24. The fourth-order valence-corrected chi connectivity index (χ4v) is 10.6. The predicted octanol–water partition coefficient (Wildman–Crippen LogP) is 22.5. The van der Waals surface area contributed by atoms with Crippen LogP contribution in [0.1, 0.15) is 316 Å². The molecule has 0 aromatic carbocycles. The van der Waals surface area contributed by atoms with E-state index in [0.717, 1.165) is 83.5 Å². The van der Waals surface area contributed by atoms with Crippen LogP contribution >= 0.6 is 7.82 Å². The lowest BCUT2D eigenvalue weighted by molar-refractivity contribution is -0.870. The molecule has 0 aliphatic carbocycles. The Kier molecular flexibility index (Phi) is 61.5. The molecule has 482 valence electrons. The number of carbonyl (C=O) groups excluding carboxylic acids is 2. The number of carbonyl (C=O) groups is 2. The molecule has 0 saturated heterocycles. The third-order valence-corrected chi connectivity index (χ3v) is 16.2. The molecule has 0 saturated carbocycles. The number of phosphoric ester groups is 1. The summed E-state index contributed by atoms with van der Waals surface area (Å²) in [5.41, 5.74) is 0. The van der Waals surface area contributed by atoms with Gasteiger partial charge in [-0.25, -0.2) is 4.57 Å². The molecule has 2 unspecified atom stereocenters. The van der Waals surface area contributed by atoms with Gasteiger partial charge in [-0.1, -0.05) is 317 Å². The van der Waals surface area contributed by atoms with E-state index in [0.29, 0.717) is 23.9 Å². The molecule has 0 fully saturated rings. The Bertz CT molecular complexity index is 1680. The van der Waals surface area contributed by atoms with Gasteiger partial charge in [-0.05, 0) is 70.6 Å². The third-order valence-electron chi connectivity index (χ3n) is 15.2. The molecule has 0 spiro atoms. The zero-order valence-electron chi connectivity index (χ0n) is 54.9. The molecule has 0 amide bonds. The van der Waals surface area contributed by atoms with Gasteiger partial charge in [0.25, 0.3) is 0 Å². The molecular weight excluding hydrogens is 1050 g/mol. The van der Waals surface area contributed by atoms with Crippen molar-refractivity contribution < 1.29 is 42.1 Å². The maximum absolute atomic E-state index is 12.9. The monoisotopic (exact) mass is 1180 g/mol. The van der Waals surface area contributed by atoms with Crippen molar-refractivity contribution in [3.63, 3.8) is 0 Å². The van der Waals surface area contributed by atoms with Crippen molar-refractivity contribution in [2.45, 2.75) is 322 Å². The highest BCUT2D eigenvalue weighted by Gasteiger charge is 2.27. The van der Waals surface area contributed by atoms with Crippen molar-refractivity contribution in [2.24, 2.45) is 0 Å². The average molecular weight is 1180 g/mol. The van der Waals surface area contributed by atoms with E-state index in [2.05, 4.69) is 98.9 Å². The van der Waals surface area contributed by atoms with Crippen LogP contribution in [0.2, 0.25) is 0 Å². The first-order valence-electron chi connectivity index (χ1n) is 34.8. The molecule has 0 rings (SSSR count). The van der Waals surface area contributed by atoms with Crippen molar-refractivity contribution in [3.8, 4) is 0 Å². The molecule has 9 nitrogen and oxygen atoms in total. The van der Waals surface area contributed by atoms with Gasteiger partial charge in [0.05, 0.1) is 27.7 Å². The van der Waals surface area contributed by atoms with Crippen LogP contribution in [0, 0.1) is 0 Å². The number of nitrogens with zero attached hydrogens (tertiary/aromatic N) is 1. The van der Waals surface area contributed by atoms with Crippen molar-refractivity contribution in [3.05, 3.63) is 85.1 Å². The number of quaternary nitrogens is 1. The lowest BCUT2D eigenvalue weighted by atomic mass is 10.0. The quantitative estimate of drug-likeness (QED) is 0.0211. The van der Waals surface area contributed by atoms with Crippen LogP contribution in [0.15, 0.2) is 85.1 Å². The van der Waals surface area contributed by atoms with E-state index in [-0.39, 0.29) is 25.6 Å². The van der Waals surface area contributed by atoms with Gasteiger partial charge in [-0.2, -0.15) is 0 Å². The zero-order chi connectivity index (χ0) is 60.5. The normalized spacial score (nSPS) is 13.7. The van der Waals surface area contributed by atoms with Crippen LogP contribution in [0.5, 0.6) is 0 Å². The van der Waals surface area contributed by atoms with Gasteiger partial charge in [-0.15, -0.1) is 0 Å².